The monoisotopic (exact) mass is 395 g/mol. The molecule has 0 unspecified atom stereocenters. The van der Waals surface area contributed by atoms with Crippen LogP contribution in [0.4, 0.5) is 0 Å². The fourth-order valence-electron chi connectivity index (χ4n) is 2.60. The number of furan rings is 1. The number of benzene rings is 1. The Hall–Kier alpha value is -2.54. The van der Waals surface area contributed by atoms with Crippen LogP contribution in [0.5, 0.6) is 0 Å². The molecular formula is C19H22ClNO6. The van der Waals surface area contributed by atoms with Gasteiger partial charge in [0, 0.05) is 16.0 Å². The zero-order valence-electron chi connectivity index (χ0n) is 15.6. The predicted molar refractivity (Wildman–Crippen MR) is 99.6 cm³/mol. The minimum Gasteiger partial charge on any atom is -0.467 e. The van der Waals surface area contributed by atoms with E-state index in [1.54, 1.807) is 25.1 Å². The lowest BCUT2D eigenvalue weighted by molar-refractivity contribution is -0.147. The molecule has 0 aliphatic carbocycles. The molecule has 146 valence electrons. The standard InChI is InChI=1S/C19H22ClNO6/c1-5-10(2)16(18(23)25-4)21-15(22)9-26-19(24)17-11(3)13-8-12(20)6-7-14(13)27-17/h6-8,10,16H,5,9H2,1-4H3,(H,21,22)/t10-,16+/m1/s1. The Morgan fingerprint density at radius 1 is 1.30 bits per heavy atom. The molecular weight excluding hydrogens is 374 g/mol. The van der Waals surface area contributed by atoms with E-state index < -0.39 is 30.5 Å². The Morgan fingerprint density at radius 3 is 2.63 bits per heavy atom. The van der Waals surface area contributed by atoms with Crippen LogP contribution in [0.2, 0.25) is 5.02 Å². The Bertz CT molecular complexity index is 859. The number of hydrogen-bond acceptors (Lipinski definition) is 6. The molecule has 0 saturated carbocycles. The summed E-state index contributed by atoms with van der Waals surface area (Å²) in [5, 5.41) is 3.75. The number of nitrogens with one attached hydrogen (secondary N) is 1. The van der Waals surface area contributed by atoms with Crippen molar-refractivity contribution < 1.29 is 28.3 Å². The second kappa shape index (κ2) is 8.90. The number of hydrogen-bond donors (Lipinski definition) is 1. The fraction of sp³-hybridized carbons (Fsp3) is 0.421. The quantitative estimate of drug-likeness (QED) is 0.723. The molecule has 1 heterocycles. The third kappa shape index (κ3) is 4.80. The van der Waals surface area contributed by atoms with Gasteiger partial charge in [0.25, 0.3) is 5.91 Å². The average Bonchev–Trinajstić information content (AvgIpc) is 2.99. The first-order chi connectivity index (χ1) is 12.8. The van der Waals surface area contributed by atoms with Crippen molar-refractivity contribution in [1.29, 1.82) is 0 Å². The Kier molecular flexibility index (Phi) is 6.85. The van der Waals surface area contributed by atoms with Gasteiger partial charge in [0.2, 0.25) is 5.76 Å². The fourth-order valence-corrected chi connectivity index (χ4v) is 2.77. The minimum absolute atomic E-state index is 0.00603. The van der Waals surface area contributed by atoms with E-state index in [4.69, 9.17) is 25.5 Å². The molecule has 8 heteroatoms. The molecule has 1 amide bonds. The summed E-state index contributed by atoms with van der Waals surface area (Å²) in [6.07, 6.45) is 0.667. The number of methoxy groups -OCH3 is 1. The normalized spacial score (nSPS) is 13.1. The van der Waals surface area contributed by atoms with Gasteiger partial charge in [0.05, 0.1) is 7.11 Å². The third-order valence-electron chi connectivity index (χ3n) is 4.40. The molecule has 0 spiro atoms. The van der Waals surface area contributed by atoms with Crippen molar-refractivity contribution in [1.82, 2.24) is 5.32 Å². The maximum absolute atomic E-state index is 12.3. The smallest absolute Gasteiger partial charge is 0.375 e. The number of ether oxygens (including phenoxy) is 2. The Morgan fingerprint density at radius 2 is 2.00 bits per heavy atom. The van der Waals surface area contributed by atoms with E-state index >= 15 is 0 Å². The van der Waals surface area contributed by atoms with E-state index in [0.29, 0.717) is 28.0 Å². The van der Waals surface area contributed by atoms with Crippen molar-refractivity contribution in [3.63, 3.8) is 0 Å². The predicted octanol–water partition coefficient (Wildman–Crippen LogP) is 3.26. The second-order valence-corrected chi connectivity index (χ2v) is 6.66. The highest BCUT2D eigenvalue weighted by Crippen LogP contribution is 2.28. The average molecular weight is 396 g/mol. The van der Waals surface area contributed by atoms with E-state index in [2.05, 4.69) is 5.32 Å². The van der Waals surface area contributed by atoms with Crippen molar-refractivity contribution in [2.24, 2.45) is 5.92 Å². The van der Waals surface area contributed by atoms with Gasteiger partial charge in [-0.05, 0) is 31.0 Å². The van der Waals surface area contributed by atoms with Crippen LogP contribution in [0.15, 0.2) is 22.6 Å². The van der Waals surface area contributed by atoms with Crippen LogP contribution >= 0.6 is 11.6 Å². The van der Waals surface area contributed by atoms with Gasteiger partial charge in [0.1, 0.15) is 11.6 Å². The van der Waals surface area contributed by atoms with Gasteiger partial charge in [-0.25, -0.2) is 9.59 Å². The molecule has 2 rings (SSSR count). The molecule has 2 atom stereocenters. The number of carbonyl (C=O) groups excluding carboxylic acids is 3. The lowest BCUT2D eigenvalue weighted by atomic mass is 9.99. The van der Waals surface area contributed by atoms with E-state index in [1.165, 1.54) is 7.11 Å². The molecule has 1 N–H and O–H groups in total. The van der Waals surface area contributed by atoms with E-state index in [0.717, 1.165) is 0 Å². The highest BCUT2D eigenvalue weighted by Gasteiger charge is 2.27. The molecule has 1 aromatic heterocycles. The molecule has 0 fully saturated rings. The van der Waals surface area contributed by atoms with Gasteiger partial charge in [-0.15, -0.1) is 0 Å². The highest BCUT2D eigenvalue weighted by atomic mass is 35.5. The first-order valence-corrected chi connectivity index (χ1v) is 8.89. The van der Waals surface area contributed by atoms with Crippen LogP contribution in [-0.4, -0.2) is 37.6 Å². The van der Waals surface area contributed by atoms with Crippen LogP contribution in [-0.2, 0) is 19.1 Å². The van der Waals surface area contributed by atoms with Crippen LogP contribution in [0.1, 0.15) is 36.4 Å². The summed E-state index contributed by atoms with van der Waals surface area (Å²) in [6.45, 7) is 4.87. The lowest BCUT2D eigenvalue weighted by Gasteiger charge is -2.21. The minimum atomic E-state index is -0.804. The van der Waals surface area contributed by atoms with Crippen molar-refractivity contribution in [2.75, 3.05) is 13.7 Å². The maximum Gasteiger partial charge on any atom is 0.375 e. The zero-order valence-corrected chi connectivity index (χ0v) is 16.4. The number of aryl methyl sites for hydroxylation is 1. The van der Waals surface area contributed by atoms with Crippen LogP contribution in [0.3, 0.4) is 0 Å². The molecule has 27 heavy (non-hydrogen) atoms. The van der Waals surface area contributed by atoms with Crippen LogP contribution in [0, 0.1) is 12.8 Å². The number of rotatable bonds is 7. The van der Waals surface area contributed by atoms with Crippen molar-refractivity contribution >= 4 is 40.4 Å². The molecule has 0 aliphatic heterocycles. The molecule has 0 saturated heterocycles. The summed E-state index contributed by atoms with van der Waals surface area (Å²) in [4.78, 5) is 36.2. The van der Waals surface area contributed by atoms with Crippen molar-refractivity contribution in [3.05, 3.63) is 34.5 Å². The topological polar surface area (TPSA) is 94.8 Å². The van der Waals surface area contributed by atoms with E-state index in [1.807, 2.05) is 13.8 Å². The SMILES string of the molecule is CC[C@@H](C)[C@H](NC(=O)COC(=O)c1oc2ccc(Cl)cc2c1C)C(=O)OC. The van der Waals surface area contributed by atoms with Gasteiger partial charge >= 0.3 is 11.9 Å². The number of amides is 1. The molecule has 7 nitrogen and oxygen atoms in total. The van der Waals surface area contributed by atoms with Gasteiger partial charge < -0.3 is 19.2 Å². The number of esters is 2. The van der Waals surface area contributed by atoms with Gasteiger partial charge in [-0.2, -0.15) is 0 Å². The zero-order chi connectivity index (χ0) is 20.1. The van der Waals surface area contributed by atoms with Crippen molar-refractivity contribution in [3.8, 4) is 0 Å². The molecule has 2 aromatic rings. The van der Waals surface area contributed by atoms with Crippen molar-refractivity contribution in [2.45, 2.75) is 33.2 Å². The summed E-state index contributed by atoms with van der Waals surface area (Å²) in [5.41, 5.74) is 1.07. The Labute approximate surface area is 161 Å². The summed E-state index contributed by atoms with van der Waals surface area (Å²) in [6, 6.07) is 4.19. The summed E-state index contributed by atoms with van der Waals surface area (Å²) >= 11 is 5.96. The maximum atomic E-state index is 12.3. The van der Waals surface area contributed by atoms with Crippen LogP contribution in [0.25, 0.3) is 11.0 Å². The van der Waals surface area contributed by atoms with Gasteiger partial charge in [-0.1, -0.05) is 31.9 Å². The molecule has 0 aliphatic rings. The van der Waals surface area contributed by atoms with Gasteiger partial charge in [0.15, 0.2) is 6.61 Å². The number of halogens is 1. The Balaban J connectivity index is 2.03. The lowest BCUT2D eigenvalue weighted by Crippen LogP contribution is -2.47. The number of fused-ring (bicyclic) bond motifs is 1. The summed E-state index contributed by atoms with van der Waals surface area (Å²) in [7, 11) is 1.25. The summed E-state index contributed by atoms with van der Waals surface area (Å²) in [5.74, 6) is -2.04. The third-order valence-corrected chi connectivity index (χ3v) is 4.64. The highest BCUT2D eigenvalue weighted by molar-refractivity contribution is 6.31. The van der Waals surface area contributed by atoms with Crippen LogP contribution < -0.4 is 5.32 Å². The molecule has 0 bridgehead atoms. The molecule has 0 radical (unpaired) electrons. The first-order valence-electron chi connectivity index (χ1n) is 8.51. The second-order valence-electron chi connectivity index (χ2n) is 6.23. The number of carbonyl (C=O) groups is 3. The van der Waals surface area contributed by atoms with E-state index in [-0.39, 0.29) is 11.7 Å². The van der Waals surface area contributed by atoms with E-state index in [9.17, 15) is 14.4 Å². The molecule has 1 aromatic carbocycles. The first kappa shape index (κ1) is 20.8. The van der Waals surface area contributed by atoms with Gasteiger partial charge in [-0.3, -0.25) is 4.79 Å². The largest absolute Gasteiger partial charge is 0.467 e. The summed E-state index contributed by atoms with van der Waals surface area (Å²) < 4.78 is 15.2.